The van der Waals surface area contributed by atoms with Crippen molar-refractivity contribution in [3.8, 4) is 0 Å². The Morgan fingerprint density at radius 3 is 2.23 bits per heavy atom. The SMILES string of the molecule is CC[C@]12CCC3(C[C@H]1CCCc1cc(N=C(c4ccccc4)c4ccccc4)ccc12)OCCO3. The molecule has 35 heavy (non-hydrogen) atoms. The number of nitrogens with zero attached hydrogens (tertiary/aromatic N) is 1. The third-order valence-electron chi connectivity index (χ3n) is 8.69. The molecule has 3 heteroatoms. The second-order valence-corrected chi connectivity index (χ2v) is 10.4. The van der Waals surface area contributed by atoms with E-state index in [4.69, 9.17) is 14.5 Å². The van der Waals surface area contributed by atoms with Gasteiger partial charge in [0.1, 0.15) is 0 Å². The van der Waals surface area contributed by atoms with Crippen molar-refractivity contribution in [3.05, 3.63) is 101 Å². The van der Waals surface area contributed by atoms with E-state index < -0.39 is 0 Å². The van der Waals surface area contributed by atoms with Crippen molar-refractivity contribution in [2.24, 2.45) is 10.9 Å². The normalized spacial score (nSPS) is 24.9. The molecule has 1 spiro atoms. The first-order valence-electron chi connectivity index (χ1n) is 13.3. The van der Waals surface area contributed by atoms with Crippen LogP contribution in [0.5, 0.6) is 0 Å². The molecule has 1 heterocycles. The molecule has 3 nitrogen and oxygen atoms in total. The van der Waals surface area contributed by atoms with E-state index >= 15 is 0 Å². The minimum absolute atomic E-state index is 0.219. The molecule has 1 saturated carbocycles. The summed E-state index contributed by atoms with van der Waals surface area (Å²) < 4.78 is 12.3. The Morgan fingerprint density at radius 2 is 1.57 bits per heavy atom. The maximum absolute atomic E-state index is 6.16. The predicted molar refractivity (Wildman–Crippen MR) is 142 cm³/mol. The fourth-order valence-electron chi connectivity index (χ4n) is 6.94. The average Bonchev–Trinajstić information content (AvgIpc) is 3.30. The van der Waals surface area contributed by atoms with Gasteiger partial charge in [0.15, 0.2) is 5.79 Å². The summed E-state index contributed by atoms with van der Waals surface area (Å²) in [6.07, 6.45) is 7.93. The van der Waals surface area contributed by atoms with Gasteiger partial charge in [-0.2, -0.15) is 0 Å². The highest BCUT2D eigenvalue weighted by molar-refractivity contribution is 6.13. The number of hydrogen-bond acceptors (Lipinski definition) is 3. The van der Waals surface area contributed by atoms with Gasteiger partial charge < -0.3 is 9.47 Å². The van der Waals surface area contributed by atoms with Crippen molar-refractivity contribution in [1.29, 1.82) is 0 Å². The number of ether oxygens (including phenoxy) is 2. The molecule has 0 bridgehead atoms. The topological polar surface area (TPSA) is 30.8 Å². The lowest BCUT2D eigenvalue weighted by Crippen LogP contribution is -2.48. The lowest BCUT2D eigenvalue weighted by molar-refractivity contribution is -0.199. The van der Waals surface area contributed by atoms with Crippen LogP contribution in [0.1, 0.15) is 67.7 Å². The van der Waals surface area contributed by atoms with E-state index in [9.17, 15) is 0 Å². The molecule has 180 valence electrons. The van der Waals surface area contributed by atoms with Crippen molar-refractivity contribution in [2.75, 3.05) is 13.2 Å². The van der Waals surface area contributed by atoms with Crippen LogP contribution in [0.25, 0.3) is 0 Å². The van der Waals surface area contributed by atoms with E-state index in [1.165, 1.54) is 24.8 Å². The molecule has 1 aliphatic heterocycles. The van der Waals surface area contributed by atoms with Gasteiger partial charge in [0.2, 0.25) is 0 Å². The summed E-state index contributed by atoms with van der Waals surface area (Å²) >= 11 is 0. The molecular formula is C32H35NO2. The molecule has 3 aliphatic rings. The number of benzene rings is 3. The van der Waals surface area contributed by atoms with Crippen molar-refractivity contribution in [1.82, 2.24) is 0 Å². The number of hydrogen-bond donors (Lipinski definition) is 0. The van der Waals surface area contributed by atoms with Crippen LogP contribution >= 0.6 is 0 Å². The third kappa shape index (κ3) is 4.15. The Hall–Kier alpha value is -2.75. The molecule has 2 atom stereocenters. The quantitative estimate of drug-likeness (QED) is 0.376. The predicted octanol–water partition coefficient (Wildman–Crippen LogP) is 7.38. The molecule has 0 radical (unpaired) electrons. The lowest BCUT2D eigenvalue weighted by Gasteiger charge is -2.49. The number of aryl methyl sites for hydroxylation is 1. The largest absolute Gasteiger partial charge is 0.348 e. The summed E-state index contributed by atoms with van der Waals surface area (Å²) in [5, 5.41) is 0. The maximum atomic E-state index is 6.16. The van der Waals surface area contributed by atoms with Crippen LogP contribution in [0.3, 0.4) is 0 Å². The van der Waals surface area contributed by atoms with Crippen LogP contribution in [0, 0.1) is 5.92 Å². The van der Waals surface area contributed by atoms with Crippen molar-refractivity contribution >= 4 is 11.4 Å². The van der Waals surface area contributed by atoms with Gasteiger partial charge in [0.25, 0.3) is 0 Å². The zero-order valence-electron chi connectivity index (χ0n) is 20.7. The summed E-state index contributed by atoms with van der Waals surface area (Å²) in [6.45, 7) is 3.87. The van der Waals surface area contributed by atoms with E-state index in [1.54, 1.807) is 5.56 Å². The van der Waals surface area contributed by atoms with Crippen LogP contribution < -0.4 is 0 Å². The summed E-state index contributed by atoms with van der Waals surface area (Å²) in [6, 6.07) is 28.1. The smallest absolute Gasteiger partial charge is 0.168 e. The van der Waals surface area contributed by atoms with Gasteiger partial charge in [-0.05, 0) is 66.7 Å². The van der Waals surface area contributed by atoms with Crippen molar-refractivity contribution in [3.63, 3.8) is 0 Å². The summed E-state index contributed by atoms with van der Waals surface area (Å²) in [5.74, 6) is 0.289. The molecule has 2 aliphatic carbocycles. The fraction of sp³-hybridized carbons (Fsp3) is 0.406. The van der Waals surface area contributed by atoms with Crippen LogP contribution in [0.4, 0.5) is 5.69 Å². The standard InChI is InChI=1S/C32H35NO2/c1-2-31-18-19-32(34-20-21-35-32)23-27(31)15-9-14-26-22-28(16-17-29(26)31)33-30(24-10-5-3-6-11-24)25-12-7-4-8-13-25/h3-8,10-13,16-17,22,27H,2,9,14-15,18-21,23H2,1H3/t27-,31+/m1/s1. The zero-order chi connectivity index (χ0) is 23.7. The molecule has 1 saturated heterocycles. The van der Waals surface area contributed by atoms with Gasteiger partial charge >= 0.3 is 0 Å². The van der Waals surface area contributed by atoms with Crippen LogP contribution in [0.15, 0.2) is 83.9 Å². The molecule has 2 fully saturated rings. The average molecular weight is 466 g/mol. The Labute approximate surface area is 209 Å². The van der Waals surface area contributed by atoms with Crippen LogP contribution in [-0.4, -0.2) is 24.7 Å². The monoisotopic (exact) mass is 465 g/mol. The lowest BCUT2D eigenvalue weighted by atomic mass is 9.59. The second kappa shape index (κ2) is 9.37. The Balaban J connectivity index is 1.39. The highest BCUT2D eigenvalue weighted by Crippen LogP contribution is 2.55. The minimum Gasteiger partial charge on any atom is -0.348 e. The van der Waals surface area contributed by atoms with Gasteiger partial charge in [-0.15, -0.1) is 0 Å². The van der Waals surface area contributed by atoms with E-state index in [0.717, 1.165) is 61.4 Å². The van der Waals surface area contributed by atoms with Crippen LogP contribution in [0.2, 0.25) is 0 Å². The highest BCUT2D eigenvalue weighted by Gasteiger charge is 2.52. The van der Waals surface area contributed by atoms with Crippen LogP contribution in [-0.2, 0) is 21.3 Å². The molecule has 6 rings (SSSR count). The number of aliphatic imine (C=N–C) groups is 1. The van der Waals surface area contributed by atoms with E-state index in [0.29, 0.717) is 5.92 Å². The Morgan fingerprint density at radius 1 is 0.886 bits per heavy atom. The minimum atomic E-state index is -0.321. The Kier molecular flexibility index (Phi) is 6.07. The molecule has 0 unspecified atom stereocenters. The van der Waals surface area contributed by atoms with E-state index in [2.05, 4.69) is 85.8 Å². The molecule has 0 amide bonds. The molecule has 0 N–H and O–H groups in total. The first kappa shape index (κ1) is 22.7. The van der Waals surface area contributed by atoms with Gasteiger partial charge in [0, 0.05) is 24.0 Å². The van der Waals surface area contributed by atoms with Crippen molar-refractivity contribution < 1.29 is 9.47 Å². The van der Waals surface area contributed by atoms with E-state index in [-0.39, 0.29) is 11.2 Å². The fourth-order valence-corrected chi connectivity index (χ4v) is 6.94. The molecule has 3 aromatic rings. The number of rotatable bonds is 4. The Bertz CT molecular complexity index is 1160. The van der Waals surface area contributed by atoms with Gasteiger partial charge in [-0.1, -0.05) is 73.7 Å². The molecular weight excluding hydrogens is 430 g/mol. The first-order valence-corrected chi connectivity index (χ1v) is 13.3. The molecule has 3 aromatic carbocycles. The summed E-state index contributed by atoms with van der Waals surface area (Å²) in [7, 11) is 0. The second-order valence-electron chi connectivity index (χ2n) is 10.4. The zero-order valence-corrected chi connectivity index (χ0v) is 20.7. The first-order chi connectivity index (χ1) is 17.2. The van der Waals surface area contributed by atoms with Crippen molar-refractivity contribution in [2.45, 2.75) is 63.1 Å². The maximum Gasteiger partial charge on any atom is 0.168 e. The van der Waals surface area contributed by atoms with Gasteiger partial charge in [-0.25, -0.2) is 4.99 Å². The molecule has 0 aromatic heterocycles. The van der Waals surface area contributed by atoms with E-state index in [1.807, 2.05) is 0 Å². The highest BCUT2D eigenvalue weighted by atomic mass is 16.7. The third-order valence-corrected chi connectivity index (χ3v) is 8.69. The summed E-state index contributed by atoms with van der Waals surface area (Å²) in [5.41, 5.74) is 7.62. The number of fused-ring (bicyclic) bond motifs is 3. The summed E-state index contributed by atoms with van der Waals surface area (Å²) in [4.78, 5) is 5.22. The van der Waals surface area contributed by atoms with Gasteiger partial charge in [-0.3, -0.25) is 0 Å². The van der Waals surface area contributed by atoms with Gasteiger partial charge in [0.05, 0.1) is 24.6 Å².